The molecule has 7 nitrogen and oxygen atoms in total. The smallest absolute Gasteiger partial charge is 0.256 e. The molecule has 1 fully saturated rings. The zero-order valence-corrected chi connectivity index (χ0v) is 17.5. The van der Waals surface area contributed by atoms with Gasteiger partial charge in [-0.2, -0.15) is 9.40 Å². The van der Waals surface area contributed by atoms with Gasteiger partial charge in [-0.15, -0.1) is 0 Å². The van der Waals surface area contributed by atoms with Gasteiger partial charge in [0.05, 0.1) is 17.1 Å². The van der Waals surface area contributed by atoms with Gasteiger partial charge in [-0.1, -0.05) is 30.3 Å². The largest absolute Gasteiger partial charge is 0.307 e. The highest BCUT2D eigenvalue weighted by atomic mass is 32.2. The Morgan fingerprint density at radius 2 is 1.67 bits per heavy atom. The molecule has 2 heterocycles. The SMILES string of the molecule is C[C@H](c1ccccc1)n1nccc1NC(=O)c1ccc(S(=O)(=O)N2CCCC2)cc1. The van der Waals surface area contributed by atoms with Gasteiger partial charge in [0.2, 0.25) is 10.0 Å². The van der Waals surface area contributed by atoms with Crippen LogP contribution in [-0.2, 0) is 10.0 Å². The monoisotopic (exact) mass is 424 g/mol. The van der Waals surface area contributed by atoms with Crippen LogP contribution < -0.4 is 5.32 Å². The van der Waals surface area contributed by atoms with Crippen LogP contribution in [-0.4, -0.2) is 41.5 Å². The lowest BCUT2D eigenvalue weighted by Gasteiger charge is -2.17. The predicted molar refractivity (Wildman–Crippen MR) is 115 cm³/mol. The van der Waals surface area contributed by atoms with Gasteiger partial charge in [-0.05, 0) is 49.6 Å². The van der Waals surface area contributed by atoms with Crippen LogP contribution >= 0.6 is 0 Å². The van der Waals surface area contributed by atoms with Crippen molar-refractivity contribution in [3.8, 4) is 0 Å². The number of sulfonamides is 1. The highest BCUT2D eigenvalue weighted by molar-refractivity contribution is 7.89. The lowest BCUT2D eigenvalue weighted by atomic mass is 10.1. The molecule has 0 radical (unpaired) electrons. The highest BCUT2D eigenvalue weighted by Crippen LogP contribution is 2.23. The van der Waals surface area contributed by atoms with Crippen molar-refractivity contribution in [2.75, 3.05) is 18.4 Å². The van der Waals surface area contributed by atoms with Crippen LogP contribution in [0.4, 0.5) is 5.82 Å². The Labute approximate surface area is 176 Å². The summed E-state index contributed by atoms with van der Waals surface area (Å²) in [4.78, 5) is 12.9. The lowest BCUT2D eigenvalue weighted by Crippen LogP contribution is -2.27. The number of rotatable bonds is 6. The molecular formula is C22H24N4O3S. The zero-order chi connectivity index (χ0) is 21.1. The number of nitrogens with one attached hydrogen (secondary N) is 1. The summed E-state index contributed by atoms with van der Waals surface area (Å²) >= 11 is 0. The molecule has 8 heteroatoms. The Morgan fingerprint density at radius 3 is 2.33 bits per heavy atom. The number of nitrogens with zero attached hydrogens (tertiary/aromatic N) is 3. The molecular weight excluding hydrogens is 400 g/mol. The molecule has 2 aromatic carbocycles. The van der Waals surface area contributed by atoms with Crippen LogP contribution in [0.3, 0.4) is 0 Å². The summed E-state index contributed by atoms with van der Waals surface area (Å²) in [6, 6.07) is 17.7. The Hall–Kier alpha value is -2.97. The van der Waals surface area contributed by atoms with E-state index in [0.29, 0.717) is 24.5 Å². The van der Waals surface area contributed by atoms with E-state index < -0.39 is 10.0 Å². The Kier molecular flexibility index (Phi) is 5.69. The molecule has 0 aliphatic carbocycles. The number of anilines is 1. The molecule has 0 spiro atoms. The van der Waals surface area contributed by atoms with Crippen molar-refractivity contribution in [3.63, 3.8) is 0 Å². The first-order valence-electron chi connectivity index (χ1n) is 9.97. The molecule has 1 saturated heterocycles. The fourth-order valence-electron chi connectivity index (χ4n) is 3.64. The van der Waals surface area contributed by atoms with Crippen LogP contribution in [0.25, 0.3) is 0 Å². The highest BCUT2D eigenvalue weighted by Gasteiger charge is 2.27. The first-order chi connectivity index (χ1) is 14.5. The van der Waals surface area contributed by atoms with Gasteiger partial charge < -0.3 is 5.32 Å². The van der Waals surface area contributed by atoms with Crippen molar-refractivity contribution in [2.24, 2.45) is 0 Å². The maximum absolute atomic E-state index is 12.7. The average molecular weight is 425 g/mol. The van der Waals surface area contributed by atoms with Gasteiger partial charge >= 0.3 is 0 Å². The summed E-state index contributed by atoms with van der Waals surface area (Å²) in [6.45, 7) is 3.11. The second kappa shape index (κ2) is 8.41. The number of carbonyl (C=O) groups is 1. The molecule has 0 saturated carbocycles. The zero-order valence-electron chi connectivity index (χ0n) is 16.7. The van der Waals surface area contributed by atoms with Gasteiger partial charge in [0, 0.05) is 24.7 Å². The van der Waals surface area contributed by atoms with E-state index in [1.54, 1.807) is 29.1 Å². The fraction of sp³-hybridized carbons (Fsp3) is 0.273. The standard InChI is InChI=1S/C22H24N4O3S/c1-17(18-7-3-2-4-8-18)26-21(13-14-23-26)24-22(27)19-9-11-20(12-10-19)30(28,29)25-15-5-6-16-25/h2-4,7-14,17H,5-6,15-16H2,1H3,(H,24,27)/t17-/m1/s1. The third kappa shape index (κ3) is 4.01. The molecule has 1 atom stereocenters. The molecule has 1 aromatic heterocycles. The average Bonchev–Trinajstić information content (AvgIpc) is 3.47. The number of aromatic nitrogens is 2. The summed E-state index contributed by atoms with van der Waals surface area (Å²) in [5, 5.41) is 7.22. The Balaban J connectivity index is 1.50. The molecule has 156 valence electrons. The normalized spacial score (nSPS) is 15.8. The van der Waals surface area contributed by atoms with Gasteiger partial charge in [0.25, 0.3) is 5.91 Å². The molecule has 1 N–H and O–H groups in total. The quantitative estimate of drug-likeness (QED) is 0.656. The molecule has 1 aliphatic rings. The van der Waals surface area contributed by atoms with Gasteiger partial charge in [0.1, 0.15) is 5.82 Å². The van der Waals surface area contributed by atoms with E-state index in [9.17, 15) is 13.2 Å². The lowest BCUT2D eigenvalue weighted by molar-refractivity contribution is 0.102. The van der Waals surface area contributed by atoms with E-state index in [0.717, 1.165) is 18.4 Å². The van der Waals surface area contributed by atoms with Crippen LogP contribution in [0.5, 0.6) is 0 Å². The van der Waals surface area contributed by atoms with Crippen molar-refractivity contribution >= 4 is 21.7 Å². The van der Waals surface area contributed by atoms with Crippen LogP contribution in [0.1, 0.15) is 41.7 Å². The second-order valence-corrected chi connectivity index (χ2v) is 9.28. The molecule has 30 heavy (non-hydrogen) atoms. The van der Waals surface area contributed by atoms with E-state index >= 15 is 0 Å². The van der Waals surface area contributed by atoms with Crippen molar-refractivity contribution < 1.29 is 13.2 Å². The van der Waals surface area contributed by atoms with Crippen molar-refractivity contribution in [1.82, 2.24) is 14.1 Å². The first-order valence-corrected chi connectivity index (χ1v) is 11.4. The molecule has 3 aromatic rings. The van der Waals surface area contributed by atoms with E-state index in [1.165, 1.54) is 16.4 Å². The van der Waals surface area contributed by atoms with Crippen molar-refractivity contribution in [2.45, 2.75) is 30.7 Å². The number of benzene rings is 2. The first kappa shape index (κ1) is 20.3. The number of hydrogen-bond acceptors (Lipinski definition) is 4. The topological polar surface area (TPSA) is 84.3 Å². The van der Waals surface area contributed by atoms with Gasteiger partial charge in [-0.25, -0.2) is 13.1 Å². The minimum absolute atomic E-state index is 0.0514. The third-order valence-electron chi connectivity index (χ3n) is 5.38. The maximum atomic E-state index is 12.7. The molecule has 1 aliphatic heterocycles. The van der Waals surface area contributed by atoms with Crippen molar-refractivity contribution in [1.29, 1.82) is 0 Å². The molecule has 0 unspecified atom stereocenters. The minimum atomic E-state index is -3.49. The summed E-state index contributed by atoms with van der Waals surface area (Å²) in [5.41, 5.74) is 1.46. The third-order valence-corrected chi connectivity index (χ3v) is 7.29. The second-order valence-electron chi connectivity index (χ2n) is 7.34. The molecule has 1 amide bonds. The summed E-state index contributed by atoms with van der Waals surface area (Å²) in [6.07, 6.45) is 3.41. The van der Waals surface area contributed by atoms with Crippen LogP contribution in [0.15, 0.2) is 71.8 Å². The summed E-state index contributed by atoms with van der Waals surface area (Å²) < 4.78 is 28.5. The summed E-state index contributed by atoms with van der Waals surface area (Å²) in [7, 11) is -3.49. The molecule has 4 rings (SSSR count). The number of hydrogen-bond donors (Lipinski definition) is 1. The van der Waals surface area contributed by atoms with Crippen LogP contribution in [0, 0.1) is 0 Å². The number of carbonyl (C=O) groups excluding carboxylic acids is 1. The Bertz CT molecular complexity index is 1120. The van der Waals surface area contributed by atoms with E-state index in [4.69, 9.17) is 0 Å². The van der Waals surface area contributed by atoms with Gasteiger partial charge in [0.15, 0.2) is 0 Å². The van der Waals surface area contributed by atoms with Crippen molar-refractivity contribution in [3.05, 3.63) is 78.0 Å². The summed E-state index contributed by atoms with van der Waals surface area (Å²) in [5.74, 6) is 0.257. The molecule has 0 bridgehead atoms. The van der Waals surface area contributed by atoms with E-state index in [2.05, 4.69) is 10.4 Å². The maximum Gasteiger partial charge on any atom is 0.256 e. The van der Waals surface area contributed by atoms with Gasteiger partial charge in [-0.3, -0.25) is 4.79 Å². The fourth-order valence-corrected chi connectivity index (χ4v) is 5.16. The number of amides is 1. The minimum Gasteiger partial charge on any atom is -0.307 e. The van der Waals surface area contributed by atoms with Crippen LogP contribution in [0.2, 0.25) is 0 Å². The predicted octanol–water partition coefficient (Wildman–Crippen LogP) is 3.53. The van der Waals surface area contributed by atoms with E-state index in [1.807, 2.05) is 37.3 Å². The Morgan fingerprint density at radius 1 is 1.00 bits per heavy atom. The van der Waals surface area contributed by atoms with E-state index in [-0.39, 0.29) is 16.8 Å².